The van der Waals surface area contributed by atoms with Crippen molar-refractivity contribution < 1.29 is 17.6 Å². The van der Waals surface area contributed by atoms with Crippen LogP contribution < -0.4 is 0 Å². The molecular weight excluding hydrogens is 340 g/mol. The van der Waals surface area contributed by atoms with Gasteiger partial charge in [-0.3, -0.25) is 4.79 Å². The molecule has 1 aliphatic carbocycles. The number of benzene rings is 1. The summed E-state index contributed by atoms with van der Waals surface area (Å²) < 4.78 is 37.0. The second-order valence-corrected chi connectivity index (χ2v) is 7.96. The van der Waals surface area contributed by atoms with Gasteiger partial charge in [-0.1, -0.05) is 11.6 Å². The fourth-order valence-corrected chi connectivity index (χ4v) is 3.25. The summed E-state index contributed by atoms with van der Waals surface area (Å²) in [5, 5.41) is -0.0542. The van der Waals surface area contributed by atoms with Gasteiger partial charge >= 0.3 is 0 Å². The van der Waals surface area contributed by atoms with E-state index in [-0.39, 0.29) is 10.6 Å². The number of amides is 1. The summed E-state index contributed by atoms with van der Waals surface area (Å²) in [6.07, 6.45) is 2.09. The van der Waals surface area contributed by atoms with Gasteiger partial charge < -0.3 is 4.90 Å². The smallest absolute Gasteiger partial charge is 0.264 e. The first kappa shape index (κ1) is 16.5. The lowest BCUT2D eigenvalue weighted by atomic mass is 10.1. The first-order valence-corrected chi connectivity index (χ1v) is 9.15. The maximum absolute atomic E-state index is 14.3. The van der Waals surface area contributed by atoms with E-state index in [9.17, 15) is 17.6 Å². The van der Waals surface area contributed by atoms with Crippen LogP contribution in [0.3, 0.4) is 0 Å². The van der Waals surface area contributed by atoms with E-state index in [1.165, 1.54) is 4.90 Å². The normalized spacial score (nSPS) is 15.0. The maximum atomic E-state index is 14.3. The number of nitrogens with zero attached hydrogens (tertiary/aromatic N) is 1. The predicted molar refractivity (Wildman–Crippen MR) is 78.8 cm³/mol. The Morgan fingerprint density at radius 1 is 1.43 bits per heavy atom. The molecule has 0 spiro atoms. The minimum atomic E-state index is -4.31. The van der Waals surface area contributed by atoms with E-state index < -0.39 is 25.7 Å². The third-order valence-corrected chi connectivity index (χ3v) is 4.88. The maximum Gasteiger partial charge on any atom is 0.264 e. The average Bonchev–Trinajstić information content (AvgIpc) is 3.20. The molecule has 2 rings (SSSR count). The van der Waals surface area contributed by atoms with E-state index in [4.69, 9.17) is 22.3 Å². The van der Waals surface area contributed by atoms with Crippen molar-refractivity contribution in [2.45, 2.75) is 24.7 Å². The van der Waals surface area contributed by atoms with E-state index in [0.29, 0.717) is 19.0 Å². The fraction of sp³-hybridized carbons (Fsp3) is 0.462. The molecule has 1 aliphatic rings. The number of hydrogen-bond acceptors (Lipinski definition) is 3. The highest BCUT2D eigenvalue weighted by atomic mass is 35.7. The van der Waals surface area contributed by atoms with E-state index in [2.05, 4.69) is 0 Å². The van der Waals surface area contributed by atoms with Gasteiger partial charge in [-0.25, -0.2) is 12.8 Å². The summed E-state index contributed by atoms with van der Waals surface area (Å²) in [4.78, 5) is 13.1. The lowest BCUT2D eigenvalue weighted by Crippen LogP contribution is -2.33. The molecule has 0 aromatic heterocycles. The molecule has 1 saturated carbocycles. The van der Waals surface area contributed by atoms with Crippen LogP contribution in [-0.4, -0.2) is 32.3 Å². The Balaban J connectivity index is 2.42. The quantitative estimate of drug-likeness (QED) is 0.763. The van der Waals surface area contributed by atoms with Crippen molar-refractivity contribution >= 4 is 37.2 Å². The van der Waals surface area contributed by atoms with Gasteiger partial charge in [-0.2, -0.15) is 0 Å². The highest BCUT2D eigenvalue weighted by molar-refractivity contribution is 8.13. The summed E-state index contributed by atoms with van der Waals surface area (Å²) >= 11 is 5.78. The van der Waals surface area contributed by atoms with Crippen molar-refractivity contribution in [2.24, 2.45) is 5.92 Å². The second-order valence-electron chi connectivity index (χ2n) is 4.99. The van der Waals surface area contributed by atoms with E-state index in [0.717, 1.165) is 25.0 Å². The molecule has 4 nitrogen and oxygen atoms in total. The zero-order chi connectivity index (χ0) is 15.8. The molecule has 0 heterocycles. The van der Waals surface area contributed by atoms with Crippen molar-refractivity contribution in [1.29, 1.82) is 0 Å². The second kappa shape index (κ2) is 6.10. The Hall–Kier alpha value is -0.850. The van der Waals surface area contributed by atoms with Crippen LogP contribution in [-0.2, 0) is 9.05 Å². The van der Waals surface area contributed by atoms with Crippen LogP contribution in [0.1, 0.15) is 30.1 Å². The highest BCUT2D eigenvalue weighted by Crippen LogP contribution is 2.31. The SMILES string of the molecule is CCN(CC1CC1)C(=O)c1cc(Cl)cc(S(=O)(=O)Cl)c1F. The van der Waals surface area contributed by atoms with Gasteiger partial charge in [0, 0.05) is 28.8 Å². The molecule has 8 heteroatoms. The molecule has 0 radical (unpaired) electrons. The first-order chi connectivity index (χ1) is 9.74. The van der Waals surface area contributed by atoms with Gasteiger partial charge in [0.2, 0.25) is 0 Å². The number of carbonyl (C=O) groups is 1. The molecule has 1 amide bonds. The Morgan fingerprint density at radius 2 is 2.05 bits per heavy atom. The largest absolute Gasteiger partial charge is 0.339 e. The molecule has 21 heavy (non-hydrogen) atoms. The van der Waals surface area contributed by atoms with Crippen molar-refractivity contribution in [3.8, 4) is 0 Å². The van der Waals surface area contributed by atoms with Crippen molar-refractivity contribution in [3.63, 3.8) is 0 Å². The van der Waals surface area contributed by atoms with Gasteiger partial charge in [-0.15, -0.1) is 0 Å². The van der Waals surface area contributed by atoms with Crippen LogP contribution in [0.15, 0.2) is 17.0 Å². The molecule has 1 fully saturated rings. The molecule has 0 bridgehead atoms. The molecule has 0 atom stereocenters. The highest BCUT2D eigenvalue weighted by Gasteiger charge is 2.30. The monoisotopic (exact) mass is 353 g/mol. The number of hydrogen-bond donors (Lipinski definition) is 0. The molecule has 0 unspecified atom stereocenters. The van der Waals surface area contributed by atoms with Crippen molar-refractivity contribution in [2.75, 3.05) is 13.1 Å². The Morgan fingerprint density at radius 3 is 2.52 bits per heavy atom. The van der Waals surface area contributed by atoms with Crippen molar-refractivity contribution in [3.05, 3.63) is 28.5 Å². The standard InChI is InChI=1S/C13H14Cl2FNO3S/c1-2-17(7-8-3-4-8)13(18)10-5-9(14)6-11(12(10)16)21(15,19)20/h5-6,8H,2-4,7H2,1H3. The first-order valence-electron chi connectivity index (χ1n) is 6.47. The van der Waals surface area contributed by atoms with Crippen molar-refractivity contribution in [1.82, 2.24) is 4.90 Å². The van der Waals surface area contributed by atoms with Gasteiger partial charge in [-0.05, 0) is 37.8 Å². The number of halogens is 3. The zero-order valence-electron chi connectivity index (χ0n) is 11.3. The summed E-state index contributed by atoms with van der Waals surface area (Å²) in [5.74, 6) is -1.30. The van der Waals surface area contributed by atoms with Crippen LogP contribution in [0.4, 0.5) is 4.39 Å². The molecular formula is C13H14Cl2FNO3S. The number of carbonyl (C=O) groups excluding carboxylic acids is 1. The van der Waals surface area contributed by atoms with Crippen LogP contribution in [0.25, 0.3) is 0 Å². The van der Waals surface area contributed by atoms with Crippen LogP contribution >= 0.6 is 22.3 Å². The molecule has 0 saturated heterocycles. The minimum Gasteiger partial charge on any atom is -0.339 e. The Bertz CT molecular complexity index is 674. The third-order valence-electron chi connectivity index (χ3n) is 3.34. The third kappa shape index (κ3) is 3.87. The van der Waals surface area contributed by atoms with E-state index in [1.807, 2.05) is 0 Å². The zero-order valence-corrected chi connectivity index (χ0v) is 13.6. The number of rotatable bonds is 5. The van der Waals surface area contributed by atoms with E-state index >= 15 is 0 Å². The summed E-state index contributed by atoms with van der Waals surface area (Å²) in [7, 11) is 0.856. The van der Waals surface area contributed by atoms with Crippen LogP contribution in [0.5, 0.6) is 0 Å². The Kier molecular flexibility index (Phi) is 4.80. The van der Waals surface area contributed by atoms with Crippen LogP contribution in [0, 0.1) is 11.7 Å². The predicted octanol–water partition coefficient (Wildman–Crippen LogP) is 3.28. The van der Waals surface area contributed by atoms with E-state index in [1.54, 1.807) is 6.92 Å². The lowest BCUT2D eigenvalue weighted by molar-refractivity contribution is 0.0751. The lowest BCUT2D eigenvalue weighted by Gasteiger charge is -2.21. The minimum absolute atomic E-state index is 0.0542. The topological polar surface area (TPSA) is 54.5 Å². The summed E-state index contributed by atoms with van der Waals surface area (Å²) in [6, 6.07) is 2.02. The molecule has 0 N–H and O–H groups in total. The molecule has 116 valence electrons. The molecule has 1 aromatic carbocycles. The van der Waals surface area contributed by atoms with Gasteiger partial charge in [0.15, 0.2) is 5.82 Å². The summed E-state index contributed by atoms with van der Waals surface area (Å²) in [5.41, 5.74) is -0.371. The van der Waals surface area contributed by atoms with Gasteiger partial charge in [0.1, 0.15) is 4.90 Å². The molecule has 0 aliphatic heterocycles. The van der Waals surface area contributed by atoms with Crippen LogP contribution in [0.2, 0.25) is 5.02 Å². The van der Waals surface area contributed by atoms with Gasteiger partial charge in [0.05, 0.1) is 5.56 Å². The Labute approximate surface area is 132 Å². The average molecular weight is 354 g/mol. The van der Waals surface area contributed by atoms with Gasteiger partial charge in [0.25, 0.3) is 15.0 Å². The molecule has 1 aromatic rings. The fourth-order valence-electron chi connectivity index (χ4n) is 2.04. The summed E-state index contributed by atoms with van der Waals surface area (Å²) in [6.45, 7) is 2.72.